The summed E-state index contributed by atoms with van der Waals surface area (Å²) in [7, 11) is -4.07. The summed E-state index contributed by atoms with van der Waals surface area (Å²) in [6.45, 7) is 3.48. The van der Waals surface area contributed by atoms with E-state index in [0.717, 1.165) is 30.3 Å². The third-order valence-corrected chi connectivity index (χ3v) is 6.69. The molecule has 0 atom stereocenters. The zero-order valence-electron chi connectivity index (χ0n) is 18.3. The van der Waals surface area contributed by atoms with Crippen LogP contribution in [0.5, 0.6) is 17.2 Å². The summed E-state index contributed by atoms with van der Waals surface area (Å²) in [4.78, 5) is 22.0. The van der Waals surface area contributed by atoms with Crippen LogP contribution in [0.3, 0.4) is 0 Å². The summed E-state index contributed by atoms with van der Waals surface area (Å²) in [6.07, 6.45) is -0.431. The lowest BCUT2D eigenvalue weighted by Gasteiger charge is -2.15. The minimum Gasteiger partial charge on any atom is -0.506 e. The van der Waals surface area contributed by atoms with E-state index in [1.807, 2.05) is 0 Å². The second kappa shape index (κ2) is 9.92. The number of carbonyl (C=O) groups excluding carboxylic acids is 1. The maximum Gasteiger partial charge on any atom is 0.303 e. The standard InChI is InChI=1S/C24H22FNO7S/c1-14-11-17(26-22(28)9-10-23(29)30)12-15(2)24(14)33-18-5-8-21(20(27)13-18)34(31,32)19-6-3-16(25)4-7-19/h3-8,11-13,27H,9-10H2,1-2H3,(H,26,28)(H,29,30). The van der Waals surface area contributed by atoms with E-state index in [9.17, 15) is 27.5 Å². The molecule has 0 unspecified atom stereocenters. The number of ether oxygens (including phenoxy) is 1. The minimum absolute atomic E-state index is 0.155. The summed E-state index contributed by atoms with van der Waals surface area (Å²) < 4.78 is 44.5. The molecule has 0 aromatic heterocycles. The number of carboxylic acid groups (broad SMARTS) is 1. The molecule has 0 bridgehead atoms. The van der Waals surface area contributed by atoms with Crippen molar-refractivity contribution in [2.24, 2.45) is 0 Å². The average molecular weight is 488 g/mol. The van der Waals surface area contributed by atoms with E-state index in [1.165, 1.54) is 12.1 Å². The molecule has 0 spiro atoms. The second-order valence-corrected chi connectivity index (χ2v) is 9.49. The number of benzene rings is 3. The number of aliphatic carboxylic acids is 1. The van der Waals surface area contributed by atoms with Gasteiger partial charge < -0.3 is 20.3 Å². The van der Waals surface area contributed by atoms with E-state index in [-0.39, 0.29) is 28.4 Å². The first-order valence-electron chi connectivity index (χ1n) is 10.1. The molecule has 10 heteroatoms. The number of hydrogen-bond donors (Lipinski definition) is 3. The molecule has 178 valence electrons. The number of phenolic OH excluding ortho intramolecular Hbond substituents is 1. The summed E-state index contributed by atoms with van der Waals surface area (Å²) in [6, 6.07) is 11.3. The zero-order chi connectivity index (χ0) is 25.0. The van der Waals surface area contributed by atoms with Crippen LogP contribution in [0.1, 0.15) is 24.0 Å². The van der Waals surface area contributed by atoms with Crippen LogP contribution in [0.4, 0.5) is 10.1 Å². The lowest BCUT2D eigenvalue weighted by Crippen LogP contribution is -2.13. The summed E-state index contributed by atoms with van der Waals surface area (Å²) >= 11 is 0. The van der Waals surface area contributed by atoms with Crippen molar-refractivity contribution >= 4 is 27.4 Å². The van der Waals surface area contributed by atoms with Crippen LogP contribution >= 0.6 is 0 Å². The maximum atomic E-state index is 13.1. The number of nitrogens with one attached hydrogen (secondary N) is 1. The zero-order valence-corrected chi connectivity index (χ0v) is 19.1. The highest BCUT2D eigenvalue weighted by Gasteiger charge is 2.22. The first kappa shape index (κ1) is 24.7. The number of hydrogen-bond acceptors (Lipinski definition) is 6. The summed E-state index contributed by atoms with van der Waals surface area (Å²) in [5, 5.41) is 21.7. The average Bonchev–Trinajstić information content (AvgIpc) is 2.75. The fourth-order valence-corrected chi connectivity index (χ4v) is 4.60. The molecule has 0 saturated carbocycles. The first-order valence-corrected chi connectivity index (χ1v) is 11.6. The van der Waals surface area contributed by atoms with Crippen LogP contribution in [0.15, 0.2) is 64.4 Å². The van der Waals surface area contributed by atoms with Gasteiger partial charge in [0, 0.05) is 18.2 Å². The van der Waals surface area contributed by atoms with Gasteiger partial charge in [0.2, 0.25) is 15.7 Å². The van der Waals surface area contributed by atoms with E-state index in [4.69, 9.17) is 9.84 Å². The Morgan fingerprint density at radius 3 is 2.15 bits per heavy atom. The Kier molecular flexibility index (Phi) is 7.21. The number of halogens is 1. The molecular weight excluding hydrogens is 465 g/mol. The molecule has 3 rings (SSSR count). The molecule has 0 heterocycles. The van der Waals surface area contributed by atoms with E-state index in [0.29, 0.717) is 22.6 Å². The monoisotopic (exact) mass is 487 g/mol. The van der Waals surface area contributed by atoms with Crippen molar-refractivity contribution in [3.8, 4) is 17.2 Å². The molecule has 0 aliphatic rings. The number of anilines is 1. The number of sulfone groups is 1. The van der Waals surface area contributed by atoms with Crippen LogP contribution in [-0.2, 0) is 19.4 Å². The van der Waals surface area contributed by atoms with Crippen molar-refractivity contribution in [3.05, 3.63) is 71.5 Å². The lowest BCUT2D eigenvalue weighted by molar-refractivity contribution is -0.138. The van der Waals surface area contributed by atoms with E-state index in [2.05, 4.69) is 5.32 Å². The van der Waals surface area contributed by atoms with Crippen molar-refractivity contribution in [1.29, 1.82) is 0 Å². The van der Waals surface area contributed by atoms with Crippen molar-refractivity contribution in [2.75, 3.05) is 5.32 Å². The highest BCUT2D eigenvalue weighted by molar-refractivity contribution is 7.91. The molecular formula is C24H22FNO7S. The third-order valence-electron chi connectivity index (χ3n) is 4.87. The Morgan fingerprint density at radius 1 is 0.971 bits per heavy atom. The van der Waals surface area contributed by atoms with Gasteiger partial charge in [-0.15, -0.1) is 0 Å². The number of rotatable bonds is 8. The molecule has 3 aromatic rings. The van der Waals surface area contributed by atoms with Gasteiger partial charge in [0.1, 0.15) is 28.0 Å². The normalized spacial score (nSPS) is 11.1. The summed E-state index contributed by atoms with van der Waals surface area (Å²) in [5.74, 6) is -1.98. The molecule has 0 aliphatic heterocycles. The lowest BCUT2D eigenvalue weighted by atomic mass is 10.1. The molecule has 3 aromatic carbocycles. The Bertz CT molecular complexity index is 1330. The Hall–Kier alpha value is -3.92. The molecule has 8 nitrogen and oxygen atoms in total. The molecule has 0 saturated heterocycles. The molecule has 1 amide bonds. The van der Waals surface area contributed by atoms with E-state index < -0.39 is 33.3 Å². The number of carboxylic acids is 1. The Labute approximate surface area is 195 Å². The van der Waals surface area contributed by atoms with Crippen molar-refractivity contribution in [2.45, 2.75) is 36.5 Å². The predicted molar refractivity (Wildman–Crippen MR) is 121 cm³/mol. The predicted octanol–water partition coefficient (Wildman–Crippen LogP) is 4.58. The molecule has 3 N–H and O–H groups in total. The van der Waals surface area contributed by atoms with Gasteiger partial charge in [-0.1, -0.05) is 0 Å². The smallest absolute Gasteiger partial charge is 0.303 e. The molecule has 0 radical (unpaired) electrons. The highest BCUT2D eigenvalue weighted by Crippen LogP contribution is 2.36. The maximum absolute atomic E-state index is 13.1. The van der Waals surface area contributed by atoms with E-state index in [1.54, 1.807) is 26.0 Å². The fourth-order valence-electron chi connectivity index (χ4n) is 3.27. The number of amides is 1. The van der Waals surface area contributed by atoms with Crippen LogP contribution < -0.4 is 10.1 Å². The number of aromatic hydroxyl groups is 1. The largest absolute Gasteiger partial charge is 0.506 e. The van der Waals surface area contributed by atoms with E-state index >= 15 is 0 Å². The van der Waals surface area contributed by atoms with Gasteiger partial charge in [-0.2, -0.15) is 0 Å². The van der Waals surface area contributed by atoms with Gasteiger partial charge >= 0.3 is 5.97 Å². The Balaban J connectivity index is 1.81. The molecule has 34 heavy (non-hydrogen) atoms. The van der Waals surface area contributed by atoms with Crippen molar-refractivity contribution < 1.29 is 37.3 Å². The number of aryl methyl sites for hydroxylation is 2. The number of carbonyl (C=O) groups is 2. The van der Waals surface area contributed by atoms with Crippen LogP contribution in [0.2, 0.25) is 0 Å². The van der Waals surface area contributed by atoms with Gasteiger partial charge in [0.05, 0.1) is 11.3 Å². The number of phenols is 1. The van der Waals surface area contributed by atoms with Gasteiger partial charge in [0.15, 0.2) is 0 Å². The highest BCUT2D eigenvalue weighted by atomic mass is 32.2. The second-order valence-electron chi connectivity index (χ2n) is 7.57. The molecule has 0 aliphatic carbocycles. The van der Waals surface area contributed by atoms with Gasteiger partial charge in [0.25, 0.3) is 0 Å². The Morgan fingerprint density at radius 2 is 1.59 bits per heavy atom. The SMILES string of the molecule is Cc1cc(NC(=O)CCC(=O)O)cc(C)c1Oc1ccc(S(=O)(=O)c2ccc(F)cc2)c(O)c1. The molecule has 0 fully saturated rings. The first-order chi connectivity index (χ1) is 16.0. The van der Waals surface area contributed by atoms with Crippen LogP contribution in [0.25, 0.3) is 0 Å². The third kappa shape index (κ3) is 5.70. The van der Waals surface area contributed by atoms with Crippen LogP contribution in [0, 0.1) is 19.7 Å². The van der Waals surface area contributed by atoms with Gasteiger partial charge in [-0.3, -0.25) is 9.59 Å². The topological polar surface area (TPSA) is 130 Å². The van der Waals surface area contributed by atoms with Gasteiger partial charge in [-0.05, 0) is 73.5 Å². The van der Waals surface area contributed by atoms with Crippen LogP contribution in [-0.4, -0.2) is 30.5 Å². The van der Waals surface area contributed by atoms with Gasteiger partial charge in [-0.25, -0.2) is 12.8 Å². The quantitative estimate of drug-likeness (QED) is 0.397. The minimum atomic E-state index is -4.07. The fraction of sp³-hybridized carbons (Fsp3) is 0.167. The van der Waals surface area contributed by atoms with Crippen molar-refractivity contribution in [3.63, 3.8) is 0 Å². The van der Waals surface area contributed by atoms with Crippen molar-refractivity contribution in [1.82, 2.24) is 0 Å². The summed E-state index contributed by atoms with van der Waals surface area (Å²) in [5.41, 5.74) is 1.77.